The standard InChI is InChI=1S/C15H21N3O2/c1-6-18-8-7-16-14(18)17-13(19)11-9-12(15(3,4)5)20-10(11)2/h7-9H,6H2,1-5H3,(H,16,17,19). The number of imidazole rings is 1. The molecule has 2 aromatic heterocycles. The van der Waals surface area contributed by atoms with E-state index in [0.717, 1.165) is 12.3 Å². The first-order valence-electron chi connectivity index (χ1n) is 6.76. The van der Waals surface area contributed by atoms with Crippen LogP contribution in [0.3, 0.4) is 0 Å². The van der Waals surface area contributed by atoms with Crippen LogP contribution in [-0.2, 0) is 12.0 Å². The van der Waals surface area contributed by atoms with Crippen LogP contribution in [0.15, 0.2) is 22.9 Å². The Kier molecular flexibility index (Phi) is 3.70. The molecule has 0 unspecified atom stereocenters. The lowest BCUT2D eigenvalue weighted by molar-refractivity contribution is 0.102. The van der Waals surface area contributed by atoms with Crippen molar-refractivity contribution in [3.8, 4) is 0 Å². The van der Waals surface area contributed by atoms with Crippen molar-refractivity contribution in [3.63, 3.8) is 0 Å². The van der Waals surface area contributed by atoms with E-state index in [-0.39, 0.29) is 11.3 Å². The minimum Gasteiger partial charge on any atom is -0.465 e. The molecule has 0 spiro atoms. The molecule has 0 radical (unpaired) electrons. The van der Waals surface area contributed by atoms with Gasteiger partial charge in [0.1, 0.15) is 11.5 Å². The maximum Gasteiger partial charge on any atom is 0.261 e. The first-order valence-corrected chi connectivity index (χ1v) is 6.76. The number of anilines is 1. The molecule has 5 heteroatoms. The number of carbonyl (C=O) groups excluding carboxylic acids is 1. The molecule has 0 saturated heterocycles. The summed E-state index contributed by atoms with van der Waals surface area (Å²) in [6.45, 7) is 10.7. The largest absolute Gasteiger partial charge is 0.465 e. The number of hydrogen-bond donors (Lipinski definition) is 1. The van der Waals surface area contributed by atoms with Gasteiger partial charge < -0.3 is 8.98 Å². The molecule has 5 nitrogen and oxygen atoms in total. The number of carbonyl (C=O) groups is 1. The lowest BCUT2D eigenvalue weighted by atomic mass is 9.93. The highest BCUT2D eigenvalue weighted by molar-refractivity contribution is 6.04. The zero-order valence-corrected chi connectivity index (χ0v) is 12.7. The molecule has 0 aromatic carbocycles. The van der Waals surface area contributed by atoms with Crippen molar-refractivity contribution in [1.82, 2.24) is 9.55 Å². The van der Waals surface area contributed by atoms with E-state index in [4.69, 9.17) is 4.42 Å². The molecule has 108 valence electrons. The van der Waals surface area contributed by atoms with E-state index in [9.17, 15) is 4.79 Å². The minimum atomic E-state index is -0.192. The second-order valence-corrected chi connectivity index (χ2v) is 5.82. The molecular weight excluding hydrogens is 254 g/mol. The molecule has 0 atom stereocenters. The summed E-state index contributed by atoms with van der Waals surface area (Å²) in [6.07, 6.45) is 3.50. The Morgan fingerprint density at radius 3 is 2.70 bits per heavy atom. The molecule has 20 heavy (non-hydrogen) atoms. The monoisotopic (exact) mass is 275 g/mol. The summed E-state index contributed by atoms with van der Waals surface area (Å²) in [4.78, 5) is 16.5. The fraction of sp³-hybridized carbons (Fsp3) is 0.467. The van der Waals surface area contributed by atoms with Crippen LogP contribution in [0.25, 0.3) is 0 Å². The van der Waals surface area contributed by atoms with Crippen LogP contribution in [0.5, 0.6) is 0 Å². The second kappa shape index (κ2) is 5.15. The normalized spacial score (nSPS) is 11.7. The lowest BCUT2D eigenvalue weighted by Crippen LogP contribution is -2.16. The van der Waals surface area contributed by atoms with E-state index in [0.29, 0.717) is 17.3 Å². The Balaban J connectivity index is 2.24. The van der Waals surface area contributed by atoms with Gasteiger partial charge in [-0.1, -0.05) is 20.8 Å². The van der Waals surface area contributed by atoms with Crippen LogP contribution < -0.4 is 5.32 Å². The van der Waals surface area contributed by atoms with Gasteiger partial charge >= 0.3 is 0 Å². The van der Waals surface area contributed by atoms with Crippen molar-refractivity contribution >= 4 is 11.9 Å². The summed E-state index contributed by atoms with van der Waals surface area (Å²) in [7, 11) is 0. The second-order valence-electron chi connectivity index (χ2n) is 5.82. The highest BCUT2D eigenvalue weighted by Gasteiger charge is 2.23. The number of nitrogens with one attached hydrogen (secondary N) is 1. The number of furan rings is 1. The summed E-state index contributed by atoms with van der Waals surface area (Å²) in [6, 6.07) is 1.81. The van der Waals surface area contributed by atoms with Crippen LogP contribution in [-0.4, -0.2) is 15.5 Å². The summed E-state index contributed by atoms with van der Waals surface area (Å²) in [5, 5.41) is 2.82. The predicted octanol–water partition coefficient (Wildman–Crippen LogP) is 3.35. The van der Waals surface area contributed by atoms with Crippen molar-refractivity contribution in [2.75, 3.05) is 5.32 Å². The first kappa shape index (κ1) is 14.4. The van der Waals surface area contributed by atoms with Crippen LogP contribution >= 0.6 is 0 Å². The molecule has 0 bridgehead atoms. The molecular formula is C15H21N3O2. The average Bonchev–Trinajstić information content (AvgIpc) is 2.94. The third kappa shape index (κ3) is 2.76. The van der Waals surface area contributed by atoms with Crippen molar-refractivity contribution in [2.24, 2.45) is 0 Å². The summed E-state index contributed by atoms with van der Waals surface area (Å²) in [5.41, 5.74) is 0.436. The molecule has 0 aliphatic carbocycles. The minimum absolute atomic E-state index is 0.120. The van der Waals surface area contributed by atoms with Crippen LogP contribution in [0.4, 0.5) is 5.95 Å². The number of rotatable bonds is 3. The molecule has 0 aliphatic rings. The Morgan fingerprint density at radius 2 is 2.15 bits per heavy atom. The van der Waals surface area contributed by atoms with Gasteiger partial charge in [-0.25, -0.2) is 4.98 Å². The van der Waals surface area contributed by atoms with Crippen molar-refractivity contribution in [2.45, 2.75) is 46.6 Å². The SMILES string of the molecule is CCn1ccnc1NC(=O)c1cc(C(C)(C)C)oc1C. The van der Waals surface area contributed by atoms with Gasteiger partial charge in [-0.2, -0.15) is 0 Å². The Hall–Kier alpha value is -2.04. The fourth-order valence-corrected chi connectivity index (χ4v) is 1.93. The molecule has 0 saturated carbocycles. The van der Waals surface area contributed by atoms with Gasteiger partial charge in [0.15, 0.2) is 0 Å². The smallest absolute Gasteiger partial charge is 0.261 e. The van der Waals surface area contributed by atoms with E-state index >= 15 is 0 Å². The van der Waals surface area contributed by atoms with Gasteiger partial charge in [-0.3, -0.25) is 10.1 Å². The molecule has 1 amide bonds. The zero-order valence-electron chi connectivity index (χ0n) is 12.7. The average molecular weight is 275 g/mol. The Morgan fingerprint density at radius 1 is 1.45 bits per heavy atom. The number of amides is 1. The molecule has 2 aromatic rings. The van der Waals surface area contributed by atoms with Gasteiger partial charge in [0.05, 0.1) is 5.56 Å². The third-order valence-electron chi connectivity index (χ3n) is 3.18. The summed E-state index contributed by atoms with van der Waals surface area (Å²) < 4.78 is 7.56. The highest BCUT2D eigenvalue weighted by Crippen LogP contribution is 2.27. The quantitative estimate of drug-likeness (QED) is 0.934. The summed E-state index contributed by atoms with van der Waals surface area (Å²) >= 11 is 0. The van der Waals surface area contributed by atoms with Crippen LogP contribution in [0.1, 0.15) is 49.6 Å². The maximum absolute atomic E-state index is 12.3. The van der Waals surface area contributed by atoms with E-state index in [1.807, 2.05) is 23.8 Å². The molecule has 0 fully saturated rings. The number of aryl methyl sites for hydroxylation is 2. The zero-order chi connectivity index (χ0) is 14.9. The maximum atomic E-state index is 12.3. The topological polar surface area (TPSA) is 60.1 Å². The summed E-state index contributed by atoms with van der Waals surface area (Å²) in [5.74, 6) is 1.79. The molecule has 2 rings (SSSR count). The Bertz CT molecular complexity index is 617. The van der Waals surface area contributed by atoms with Crippen molar-refractivity contribution in [3.05, 3.63) is 35.5 Å². The van der Waals surface area contributed by atoms with Gasteiger partial charge in [0.2, 0.25) is 5.95 Å². The van der Waals surface area contributed by atoms with Gasteiger partial charge in [-0.05, 0) is 19.9 Å². The highest BCUT2D eigenvalue weighted by atomic mass is 16.3. The first-order chi connectivity index (χ1) is 9.32. The molecule has 0 aliphatic heterocycles. The number of nitrogens with zero attached hydrogens (tertiary/aromatic N) is 2. The van der Waals surface area contributed by atoms with E-state index in [1.54, 1.807) is 13.1 Å². The van der Waals surface area contributed by atoms with Crippen molar-refractivity contribution in [1.29, 1.82) is 0 Å². The van der Waals surface area contributed by atoms with Crippen LogP contribution in [0, 0.1) is 6.92 Å². The van der Waals surface area contributed by atoms with E-state index in [1.165, 1.54) is 0 Å². The van der Waals surface area contributed by atoms with E-state index < -0.39 is 0 Å². The predicted molar refractivity (Wildman–Crippen MR) is 78.0 cm³/mol. The van der Waals surface area contributed by atoms with Gasteiger partial charge in [0, 0.05) is 24.4 Å². The molecule has 2 heterocycles. The van der Waals surface area contributed by atoms with Gasteiger partial charge in [-0.15, -0.1) is 0 Å². The van der Waals surface area contributed by atoms with Gasteiger partial charge in [0.25, 0.3) is 5.91 Å². The Labute approximate surface area is 119 Å². The lowest BCUT2D eigenvalue weighted by Gasteiger charge is -2.13. The number of aromatic nitrogens is 2. The third-order valence-corrected chi connectivity index (χ3v) is 3.18. The van der Waals surface area contributed by atoms with E-state index in [2.05, 4.69) is 31.1 Å². The fourth-order valence-electron chi connectivity index (χ4n) is 1.93. The number of hydrogen-bond acceptors (Lipinski definition) is 3. The molecule has 1 N–H and O–H groups in total. The van der Waals surface area contributed by atoms with Crippen LogP contribution in [0.2, 0.25) is 0 Å². The van der Waals surface area contributed by atoms with Crippen molar-refractivity contribution < 1.29 is 9.21 Å².